The van der Waals surface area contributed by atoms with Crippen molar-refractivity contribution in [2.75, 3.05) is 7.11 Å². The molecule has 0 aliphatic heterocycles. The molecule has 130 valence electrons. The third-order valence-corrected chi connectivity index (χ3v) is 5.52. The summed E-state index contributed by atoms with van der Waals surface area (Å²) in [5.74, 6) is 1.18. The molecule has 0 radical (unpaired) electrons. The minimum atomic E-state index is -0.277. The minimum absolute atomic E-state index is 0.245. The van der Waals surface area contributed by atoms with E-state index in [2.05, 4.69) is 20.2 Å². The van der Waals surface area contributed by atoms with Gasteiger partial charge >= 0.3 is 5.97 Å². The van der Waals surface area contributed by atoms with Gasteiger partial charge in [-0.3, -0.25) is 4.79 Å². The molecule has 0 aromatic carbocycles. The maximum atomic E-state index is 11.7. The Labute approximate surface area is 150 Å². The molecule has 0 fully saturated rings. The van der Waals surface area contributed by atoms with E-state index in [1.165, 1.54) is 30.6 Å². The number of nitrogens with zero attached hydrogens (tertiary/aromatic N) is 5. The average Bonchev–Trinajstić information content (AvgIpc) is 2.89. The summed E-state index contributed by atoms with van der Waals surface area (Å²) in [6.07, 6.45) is 0.671. The van der Waals surface area contributed by atoms with Gasteiger partial charge in [-0.1, -0.05) is 30.4 Å². The Morgan fingerprint density at radius 1 is 1.29 bits per heavy atom. The lowest BCUT2D eigenvalue weighted by Crippen LogP contribution is -2.18. The first-order chi connectivity index (χ1) is 11.4. The van der Waals surface area contributed by atoms with Crippen LogP contribution in [0.15, 0.2) is 16.4 Å². The zero-order valence-corrected chi connectivity index (χ0v) is 16.1. The van der Waals surface area contributed by atoms with Crippen LogP contribution < -0.4 is 0 Å². The first-order valence-electron chi connectivity index (χ1n) is 7.52. The van der Waals surface area contributed by atoms with Crippen molar-refractivity contribution in [3.63, 3.8) is 0 Å². The van der Waals surface area contributed by atoms with Crippen molar-refractivity contribution >= 4 is 29.5 Å². The fourth-order valence-corrected chi connectivity index (χ4v) is 3.91. The molecule has 2 rings (SSSR count). The highest BCUT2D eigenvalue weighted by molar-refractivity contribution is 8.00. The Morgan fingerprint density at radius 2 is 1.96 bits per heavy atom. The van der Waals surface area contributed by atoms with Crippen LogP contribution in [0.2, 0.25) is 0 Å². The lowest BCUT2D eigenvalue weighted by Gasteiger charge is -2.11. The molecular weight excluding hydrogens is 346 g/mol. The topological polar surface area (TPSA) is 82.8 Å². The number of rotatable bonds is 7. The molecule has 0 N–H and O–H groups in total. The molecule has 0 bridgehead atoms. The second kappa shape index (κ2) is 8.48. The second-order valence-electron chi connectivity index (χ2n) is 5.22. The zero-order valence-electron chi connectivity index (χ0n) is 14.4. The Balaban J connectivity index is 2.05. The van der Waals surface area contributed by atoms with E-state index in [4.69, 9.17) is 4.74 Å². The highest BCUT2D eigenvalue weighted by atomic mass is 32.2. The van der Waals surface area contributed by atoms with Crippen LogP contribution >= 0.6 is 23.5 Å². The van der Waals surface area contributed by atoms with Crippen molar-refractivity contribution in [2.45, 2.75) is 48.5 Å². The van der Waals surface area contributed by atoms with E-state index in [0.29, 0.717) is 17.3 Å². The minimum Gasteiger partial charge on any atom is -0.468 e. The number of thioether (sulfide) groups is 2. The second-order valence-corrected chi connectivity index (χ2v) is 7.33. The highest BCUT2D eigenvalue weighted by Gasteiger charge is 2.22. The molecule has 0 aliphatic carbocycles. The van der Waals surface area contributed by atoms with Crippen LogP contribution in [0.1, 0.15) is 30.6 Å². The third-order valence-electron chi connectivity index (χ3n) is 3.30. The summed E-state index contributed by atoms with van der Waals surface area (Å²) in [6, 6.07) is 1.94. The number of hydrogen-bond donors (Lipinski definition) is 0. The maximum absolute atomic E-state index is 11.7. The van der Waals surface area contributed by atoms with Gasteiger partial charge in [0.2, 0.25) is 0 Å². The number of aromatic nitrogens is 5. The van der Waals surface area contributed by atoms with E-state index < -0.39 is 0 Å². The molecule has 2 aromatic rings. The predicted octanol–water partition coefficient (Wildman–Crippen LogP) is 2.56. The van der Waals surface area contributed by atoms with E-state index in [1.807, 2.05) is 38.5 Å². The van der Waals surface area contributed by atoms with Crippen LogP contribution in [0.5, 0.6) is 0 Å². The summed E-state index contributed by atoms with van der Waals surface area (Å²) in [7, 11) is 3.29. The molecule has 2 heterocycles. The highest BCUT2D eigenvalue weighted by Crippen LogP contribution is 2.26. The zero-order chi connectivity index (χ0) is 17.7. The molecule has 0 aliphatic rings. The summed E-state index contributed by atoms with van der Waals surface area (Å²) < 4.78 is 6.71. The van der Waals surface area contributed by atoms with E-state index in [1.54, 1.807) is 0 Å². The standard InChI is InChI=1S/C15H21N5O2S2/c1-6-11(13(21)22-5)24-15-19-18-12(20(15)4)8-23-14-16-9(2)7-10(3)17-14/h7,11H,6,8H2,1-5H3. The summed E-state index contributed by atoms with van der Waals surface area (Å²) in [4.78, 5) is 20.5. The molecule has 7 nitrogen and oxygen atoms in total. The fourth-order valence-electron chi connectivity index (χ4n) is 2.02. The smallest absolute Gasteiger partial charge is 0.319 e. The molecule has 0 saturated heterocycles. The van der Waals surface area contributed by atoms with Gasteiger partial charge in [-0.2, -0.15) is 0 Å². The number of aryl methyl sites for hydroxylation is 2. The van der Waals surface area contributed by atoms with E-state index >= 15 is 0 Å². The van der Waals surface area contributed by atoms with Gasteiger partial charge in [0.15, 0.2) is 10.3 Å². The van der Waals surface area contributed by atoms with Gasteiger partial charge in [-0.05, 0) is 26.3 Å². The lowest BCUT2D eigenvalue weighted by molar-refractivity contribution is -0.140. The normalized spacial score (nSPS) is 12.2. The van der Waals surface area contributed by atoms with Crippen molar-refractivity contribution in [2.24, 2.45) is 7.05 Å². The molecule has 0 saturated carbocycles. The van der Waals surface area contributed by atoms with Crippen LogP contribution in [0.3, 0.4) is 0 Å². The molecule has 24 heavy (non-hydrogen) atoms. The lowest BCUT2D eigenvalue weighted by atomic mass is 10.3. The van der Waals surface area contributed by atoms with Crippen molar-refractivity contribution in [1.82, 2.24) is 24.7 Å². The Morgan fingerprint density at radius 3 is 2.54 bits per heavy atom. The molecule has 0 amide bonds. The van der Waals surface area contributed by atoms with Crippen LogP contribution in [-0.2, 0) is 22.3 Å². The number of methoxy groups -OCH3 is 1. The van der Waals surface area contributed by atoms with Gasteiger partial charge in [0.25, 0.3) is 0 Å². The van der Waals surface area contributed by atoms with Gasteiger partial charge in [0.05, 0.1) is 12.9 Å². The summed E-state index contributed by atoms with van der Waals surface area (Å²) in [5.41, 5.74) is 1.89. The summed E-state index contributed by atoms with van der Waals surface area (Å²) in [6.45, 7) is 5.85. The summed E-state index contributed by atoms with van der Waals surface area (Å²) in [5, 5.41) is 9.54. The maximum Gasteiger partial charge on any atom is 0.319 e. The monoisotopic (exact) mass is 367 g/mol. The number of ether oxygens (including phenoxy) is 1. The number of carbonyl (C=O) groups excluding carboxylic acids is 1. The number of esters is 1. The van der Waals surface area contributed by atoms with Gasteiger partial charge in [-0.15, -0.1) is 10.2 Å². The average molecular weight is 368 g/mol. The SMILES string of the molecule is CCC(Sc1nnc(CSc2nc(C)cc(C)n2)n1C)C(=O)OC. The predicted molar refractivity (Wildman–Crippen MR) is 94.0 cm³/mol. The van der Waals surface area contributed by atoms with Crippen molar-refractivity contribution in [3.8, 4) is 0 Å². The molecule has 1 atom stereocenters. The van der Waals surface area contributed by atoms with Crippen molar-refractivity contribution in [3.05, 3.63) is 23.3 Å². The Bertz CT molecular complexity index is 700. The van der Waals surface area contributed by atoms with Gasteiger partial charge in [0.1, 0.15) is 11.1 Å². The van der Waals surface area contributed by atoms with Crippen LogP contribution in [0.4, 0.5) is 0 Å². The third kappa shape index (κ3) is 4.70. The first-order valence-corrected chi connectivity index (χ1v) is 9.39. The van der Waals surface area contributed by atoms with E-state index in [9.17, 15) is 4.79 Å². The quantitative estimate of drug-likeness (QED) is 0.419. The van der Waals surface area contributed by atoms with Crippen molar-refractivity contribution in [1.29, 1.82) is 0 Å². The number of carbonyl (C=O) groups is 1. The van der Waals surface area contributed by atoms with Gasteiger partial charge in [-0.25, -0.2) is 9.97 Å². The van der Waals surface area contributed by atoms with Crippen LogP contribution in [-0.4, -0.2) is 43.1 Å². The fraction of sp³-hybridized carbons (Fsp3) is 0.533. The van der Waals surface area contributed by atoms with Crippen LogP contribution in [0, 0.1) is 13.8 Å². The molecule has 9 heteroatoms. The first kappa shape index (κ1) is 18.7. The molecular formula is C15H21N5O2S2. The van der Waals surface area contributed by atoms with E-state index in [-0.39, 0.29) is 11.2 Å². The van der Waals surface area contributed by atoms with Crippen LogP contribution in [0.25, 0.3) is 0 Å². The molecule has 2 aromatic heterocycles. The Kier molecular flexibility index (Phi) is 6.61. The Hall–Kier alpha value is -1.61. The molecule has 1 unspecified atom stereocenters. The van der Waals surface area contributed by atoms with Gasteiger partial charge < -0.3 is 9.30 Å². The van der Waals surface area contributed by atoms with Gasteiger partial charge in [0, 0.05) is 18.4 Å². The number of hydrogen-bond acceptors (Lipinski definition) is 8. The molecule has 0 spiro atoms. The van der Waals surface area contributed by atoms with E-state index in [0.717, 1.165) is 22.4 Å². The van der Waals surface area contributed by atoms with Crippen molar-refractivity contribution < 1.29 is 9.53 Å². The largest absolute Gasteiger partial charge is 0.468 e. The summed E-state index contributed by atoms with van der Waals surface area (Å²) >= 11 is 2.89.